The second kappa shape index (κ2) is 4.39. The van der Waals surface area contributed by atoms with E-state index < -0.39 is 11.0 Å². The molecule has 3 nitrogen and oxygen atoms in total. The van der Waals surface area contributed by atoms with Gasteiger partial charge in [-0.3, -0.25) is 0 Å². The minimum absolute atomic E-state index is 0.000903. The zero-order chi connectivity index (χ0) is 11.8. The van der Waals surface area contributed by atoms with Crippen LogP contribution in [0.4, 0.5) is 0 Å². The molecule has 2 unspecified atom stereocenters. The number of hydrogen-bond acceptors (Lipinski definition) is 2. The van der Waals surface area contributed by atoms with Crippen molar-refractivity contribution < 1.29 is 8.95 Å². The van der Waals surface area contributed by atoms with Crippen LogP contribution in [0, 0.1) is 0 Å². The van der Waals surface area contributed by atoms with Crippen LogP contribution in [0.3, 0.4) is 0 Å². The van der Waals surface area contributed by atoms with E-state index in [0.29, 0.717) is 0 Å². The largest absolute Gasteiger partial charge is 0.373 e. The average Bonchev–Trinajstić information content (AvgIpc) is 2.78. The van der Waals surface area contributed by atoms with Crippen molar-refractivity contribution in [1.82, 2.24) is 4.72 Å². The van der Waals surface area contributed by atoms with E-state index in [0.717, 1.165) is 32.3 Å². The molecule has 0 aromatic rings. The molecule has 0 bridgehead atoms. The molecule has 0 aromatic carbocycles. The molecule has 1 spiro atoms. The van der Waals surface area contributed by atoms with Gasteiger partial charge in [0.25, 0.3) is 0 Å². The summed E-state index contributed by atoms with van der Waals surface area (Å²) >= 11 is 0. The fourth-order valence-electron chi connectivity index (χ4n) is 2.71. The van der Waals surface area contributed by atoms with E-state index in [2.05, 4.69) is 4.72 Å². The lowest BCUT2D eigenvalue weighted by atomic mass is 9.95. The molecular formula is C12H23NO2S. The van der Waals surface area contributed by atoms with E-state index in [4.69, 9.17) is 4.74 Å². The van der Waals surface area contributed by atoms with E-state index in [9.17, 15) is 4.21 Å². The van der Waals surface area contributed by atoms with Crippen LogP contribution >= 0.6 is 0 Å². The maximum absolute atomic E-state index is 12.1. The van der Waals surface area contributed by atoms with Crippen LogP contribution in [-0.2, 0) is 15.7 Å². The normalized spacial score (nSPS) is 37.1. The SMILES string of the molecule is CC(C)(C)[S@@](=O)NC1CCCC12CCCO2. The minimum Gasteiger partial charge on any atom is -0.373 e. The second-order valence-corrected chi connectivity index (χ2v) is 7.96. The van der Waals surface area contributed by atoms with Crippen LogP contribution in [0.15, 0.2) is 0 Å². The highest BCUT2D eigenvalue weighted by atomic mass is 32.2. The molecule has 94 valence electrons. The number of hydrogen-bond donors (Lipinski definition) is 1. The van der Waals surface area contributed by atoms with E-state index >= 15 is 0 Å². The van der Waals surface area contributed by atoms with Gasteiger partial charge in [0.15, 0.2) is 0 Å². The molecule has 1 saturated heterocycles. The lowest BCUT2D eigenvalue weighted by Gasteiger charge is -2.32. The Morgan fingerprint density at radius 1 is 1.31 bits per heavy atom. The molecule has 3 atom stereocenters. The van der Waals surface area contributed by atoms with Gasteiger partial charge in [0.2, 0.25) is 0 Å². The van der Waals surface area contributed by atoms with Crippen molar-refractivity contribution in [3.05, 3.63) is 0 Å². The summed E-state index contributed by atoms with van der Waals surface area (Å²) in [7, 11) is -0.979. The topological polar surface area (TPSA) is 38.3 Å². The van der Waals surface area contributed by atoms with Crippen molar-refractivity contribution >= 4 is 11.0 Å². The van der Waals surface area contributed by atoms with Crippen LogP contribution < -0.4 is 4.72 Å². The summed E-state index contributed by atoms with van der Waals surface area (Å²) in [6.07, 6.45) is 5.71. The Morgan fingerprint density at radius 2 is 2.00 bits per heavy atom. The number of ether oxygens (including phenoxy) is 1. The standard InChI is InChI=1S/C12H23NO2S/c1-11(2,3)16(14)13-10-6-4-7-12(10)8-5-9-15-12/h10,13H,4-9H2,1-3H3/t10?,12?,16-/m1/s1. The van der Waals surface area contributed by atoms with Gasteiger partial charge in [0.05, 0.1) is 21.3 Å². The summed E-state index contributed by atoms with van der Waals surface area (Å²) in [6, 6.07) is 0.287. The van der Waals surface area contributed by atoms with Crippen LogP contribution in [0.25, 0.3) is 0 Å². The molecule has 16 heavy (non-hydrogen) atoms. The molecule has 1 N–H and O–H groups in total. The first-order chi connectivity index (χ1) is 7.44. The van der Waals surface area contributed by atoms with Crippen molar-refractivity contribution in [3.8, 4) is 0 Å². The van der Waals surface area contributed by atoms with Crippen molar-refractivity contribution in [2.24, 2.45) is 0 Å². The highest BCUT2D eigenvalue weighted by Gasteiger charge is 2.47. The maximum Gasteiger partial charge on any atom is 0.0973 e. The molecule has 0 radical (unpaired) electrons. The Bertz CT molecular complexity index is 274. The molecule has 4 heteroatoms. The summed E-state index contributed by atoms with van der Waals surface area (Å²) in [6.45, 7) is 6.90. The predicted octanol–water partition coefficient (Wildman–Crippen LogP) is 2.14. The number of nitrogens with one attached hydrogen (secondary N) is 1. The molecule has 2 rings (SSSR count). The van der Waals surface area contributed by atoms with E-state index in [1.54, 1.807) is 0 Å². The molecule has 2 fully saturated rings. The Labute approximate surface area is 101 Å². The van der Waals surface area contributed by atoms with E-state index in [-0.39, 0.29) is 16.4 Å². The second-order valence-electron chi connectivity index (χ2n) is 5.96. The number of rotatable bonds is 2. The fraction of sp³-hybridized carbons (Fsp3) is 1.00. The van der Waals surface area contributed by atoms with Gasteiger partial charge in [-0.15, -0.1) is 0 Å². The van der Waals surface area contributed by atoms with Gasteiger partial charge in [-0.05, 0) is 52.9 Å². The molecular weight excluding hydrogens is 222 g/mol. The minimum atomic E-state index is -0.979. The Balaban J connectivity index is 2.02. The van der Waals surface area contributed by atoms with Gasteiger partial charge < -0.3 is 4.74 Å². The molecule has 1 heterocycles. The molecule has 2 aliphatic rings. The monoisotopic (exact) mass is 245 g/mol. The quantitative estimate of drug-likeness (QED) is 0.809. The van der Waals surface area contributed by atoms with Crippen LogP contribution in [0.1, 0.15) is 52.9 Å². The van der Waals surface area contributed by atoms with E-state index in [1.807, 2.05) is 20.8 Å². The lowest BCUT2D eigenvalue weighted by Crippen LogP contribution is -2.50. The highest BCUT2D eigenvalue weighted by Crippen LogP contribution is 2.41. The molecule has 1 aliphatic heterocycles. The Morgan fingerprint density at radius 3 is 2.56 bits per heavy atom. The zero-order valence-corrected chi connectivity index (χ0v) is 11.4. The van der Waals surface area contributed by atoms with Crippen LogP contribution in [-0.4, -0.2) is 27.2 Å². The first kappa shape index (κ1) is 12.5. The Kier molecular flexibility index (Phi) is 3.44. The van der Waals surface area contributed by atoms with Gasteiger partial charge in [-0.25, -0.2) is 8.93 Å². The first-order valence-corrected chi connectivity index (χ1v) is 7.41. The average molecular weight is 245 g/mol. The smallest absolute Gasteiger partial charge is 0.0973 e. The summed E-state index contributed by atoms with van der Waals surface area (Å²) in [5.41, 5.74) is 0.000903. The van der Waals surface area contributed by atoms with Crippen molar-refractivity contribution in [2.45, 2.75) is 69.3 Å². The van der Waals surface area contributed by atoms with Crippen molar-refractivity contribution in [1.29, 1.82) is 0 Å². The third kappa shape index (κ3) is 2.34. The van der Waals surface area contributed by atoms with E-state index in [1.165, 1.54) is 6.42 Å². The molecule has 0 aromatic heterocycles. The molecule has 1 aliphatic carbocycles. The zero-order valence-electron chi connectivity index (χ0n) is 10.5. The van der Waals surface area contributed by atoms with Gasteiger partial charge >= 0.3 is 0 Å². The molecule has 0 amide bonds. The van der Waals surface area contributed by atoms with Gasteiger partial charge in [0, 0.05) is 12.6 Å². The summed E-state index contributed by atoms with van der Waals surface area (Å²) in [5, 5.41) is 0. The van der Waals surface area contributed by atoms with Gasteiger partial charge in [0.1, 0.15) is 0 Å². The van der Waals surface area contributed by atoms with Gasteiger partial charge in [-0.2, -0.15) is 0 Å². The Hall–Kier alpha value is 0.0700. The van der Waals surface area contributed by atoms with Crippen molar-refractivity contribution in [2.75, 3.05) is 6.61 Å². The van der Waals surface area contributed by atoms with Gasteiger partial charge in [-0.1, -0.05) is 0 Å². The van der Waals surface area contributed by atoms with Crippen LogP contribution in [0.2, 0.25) is 0 Å². The fourth-order valence-corrected chi connectivity index (χ4v) is 3.65. The summed E-state index contributed by atoms with van der Waals surface area (Å²) < 4.78 is 21.1. The molecule has 1 saturated carbocycles. The third-order valence-electron chi connectivity index (χ3n) is 3.67. The highest BCUT2D eigenvalue weighted by molar-refractivity contribution is 7.84. The lowest BCUT2D eigenvalue weighted by molar-refractivity contribution is -0.00553. The van der Waals surface area contributed by atoms with Crippen molar-refractivity contribution in [3.63, 3.8) is 0 Å². The summed E-state index contributed by atoms with van der Waals surface area (Å²) in [4.78, 5) is 0. The summed E-state index contributed by atoms with van der Waals surface area (Å²) in [5.74, 6) is 0. The predicted molar refractivity (Wildman–Crippen MR) is 66.6 cm³/mol. The third-order valence-corrected chi connectivity index (χ3v) is 5.28. The van der Waals surface area contributed by atoms with Crippen LogP contribution in [0.5, 0.6) is 0 Å². The first-order valence-electron chi connectivity index (χ1n) is 6.26. The maximum atomic E-state index is 12.1.